The first-order chi connectivity index (χ1) is 7.85. The van der Waals surface area contributed by atoms with E-state index in [0.717, 1.165) is 45.8 Å². The molecule has 2 atom stereocenters. The lowest BCUT2D eigenvalue weighted by molar-refractivity contribution is -0.156. The van der Waals surface area contributed by atoms with Crippen molar-refractivity contribution in [3.63, 3.8) is 0 Å². The molecule has 0 aromatic rings. The van der Waals surface area contributed by atoms with Crippen molar-refractivity contribution < 1.29 is 14.2 Å². The van der Waals surface area contributed by atoms with Crippen LogP contribution in [-0.4, -0.2) is 75.8 Å². The van der Waals surface area contributed by atoms with Gasteiger partial charge in [-0.25, -0.2) is 10.0 Å². The van der Waals surface area contributed by atoms with Crippen molar-refractivity contribution in [3.8, 4) is 0 Å². The Kier molecular flexibility index (Phi) is 4.55. The third-order valence-corrected chi connectivity index (χ3v) is 3.47. The Morgan fingerprint density at radius 2 is 1.62 bits per heavy atom. The molecule has 0 spiro atoms. The predicted molar refractivity (Wildman–Crippen MR) is 60.2 cm³/mol. The summed E-state index contributed by atoms with van der Waals surface area (Å²) in [5.41, 5.74) is 0. The fourth-order valence-corrected chi connectivity index (χ4v) is 2.47. The summed E-state index contributed by atoms with van der Waals surface area (Å²) in [6, 6.07) is 0. The molecule has 2 heterocycles. The van der Waals surface area contributed by atoms with Gasteiger partial charge in [-0.15, -0.1) is 0 Å². The van der Waals surface area contributed by atoms with Crippen LogP contribution in [0.1, 0.15) is 6.42 Å². The molecule has 94 valence electrons. The zero-order valence-electron chi connectivity index (χ0n) is 10.2. The summed E-state index contributed by atoms with van der Waals surface area (Å²) >= 11 is 0. The lowest BCUT2D eigenvalue weighted by Gasteiger charge is -2.43. The molecule has 0 amide bonds. The van der Waals surface area contributed by atoms with E-state index in [1.807, 2.05) is 0 Å². The Balaban J connectivity index is 1.87. The van der Waals surface area contributed by atoms with Gasteiger partial charge in [-0.2, -0.15) is 0 Å². The van der Waals surface area contributed by atoms with Crippen molar-refractivity contribution >= 4 is 0 Å². The highest BCUT2D eigenvalue weighted by Crippen LogP contribution is 2.18. The van der Waals surface area contributed by atoms with E-state index in [0.29, 0.717) is 0 Å². The average Bonchev–Trinajstić information content (AvgIpc) is 2.39. The maximum absolute atomic E-state index is 5.49. The molecule has 5 nitrogen and oxygen atoms in total. The zero-order chi connectivity index (χ0) is 11.4. The maximum atomic E-state index is 5.49. The summed E-state index contributed by atoms with van der Waals surface area (Å²) in [5, 5.41) is 4.76. The van der Waals surface area contributed by atoms with Crippen LogP contribution in [-0.2, 0) is 14.2 Å². The molecule has 0 bridgehead atoms. The van der Waals surface area contributed by atoms with Crippen molar-refractivity contribution in [2.24, 2.45) is 0 Å². The summed E-state index contributed by atoms with van der Waals surface area (Å²) < 4.78 is 16.3. The Morgan fingerprint density at radius 1 is 0.938 bits per heavy atom. The molecule has 2 aliphatic heterocycles. The van der Waals surface area contributed by atoms with Gasteiger partial charge in [-0.3, -0.25) is 0 Å². The molecule has 2 unspecified atom stereocenters. The second-order valence-electron chi connectivity index (χ2n) is 4.32. The first-order valence-corrected chi connectivity index (χ1v) is 5.98. The van der Waals surface area contributed by atoms with E-state index < -0.39 is 0 Å². The zero-order valence-corrected chi connectivity index (χ0v) is 10.2. The molecule has 16 heavy (non-hydrogen) atoms. The third-order valence-electron chi connectivity index (χ3n) is 3.47. The number of rotatable bonds is 3. The van der Waals surface area contributed by atoms with Crippen LogP contribution in [0.15, 0.2) is 0 Å². The van der Waals surface area contributed by atoms with Crippen LogP contribution in [0.2, 0.25) is 0 Å². The number of hydrogen-bond acceptors (Lipinski definition) is 5. The van der Waals surface area contributed by atoms with Gasteiger partial charge < -0.3 is 14.2 Å². The Morgan fingerprint density at radius 3 is 2.25 bits per heavy atom. The van der Waals surface area contributed by atoms with E-state index in [2.05, 4.69) is 10.0 Å². The third kappa shape index (κ3) is 2.73. The van der Waals surface area contributed by atoms with Gasteiger partial charge in [-0.05, 0) is 6.42 Å². The van der Waals surface area contributed by atoms with Crippen molar-refractivity contribution in [1.29, 1.82) is 0 Å². The van der Waals surface area contributed by atoms with Crippen LogP contribution >= 0.6 is 0 Å². The molecular weight excluding hydrogens is 208 g/mol. The lowest BCUT2D eigenvalue weighted by atomic mass is 10.1. The van der Waals surface area contributed by atoms with E-state index in [1.165, 1.54) is 0 Å². The van der Waals surface area contributed by atoms with Crippen LogP contribution < -0.4 is 0 Å². The summed E-state index contributed by atoms with van der Waals surface area (Å²) in [6.45, 7) is 5.64. The maximum Gasteiger partial charge on any atom is 0.0973 e. The van der Waals surface area contributed by atoms with Gasteiger partial charge in [0.05, 0.1) is 25.4 Å². The van der Waals surface area contributed by atoms with Crippen LogP contribution in [0.25, 0.3) is 0 Å². The molecule has 0 aromatic heterocycles. The molecular formula is C11H22N2O3. The highest BCUT2D eigenvalue weighted by atomic mass is 16.5. The molecule has 2 fully saturated rings. The van der Waals surface area contributed by atoms with Crippen molar-refractivity contribution in [2.75, 3.05) is 53.6 Å². The van der Waals surface area contributed by atoms with Crippen LogP contribution in [0.5, 0.6) is 0 Å². The Bertz CT molecular complexity index is 209. The predicted octanol–water partition coefficient (Wildman–Crippen LogP) is -0.0307. The smallest absolute Gasteiger partial charge is 0.0973 e. The van der Waals surface area contributed by atoms with Crippen LogP contribution in [0, 0.1) is 0 Å². The minimum absolute atomic E-state index is 0.182. The number of methoxy groups -OCH3 is 2. The highest BCUT2D eigenvalue weighted by molar-refractivity contribution is 4.81. The fraction of sp³-hybridized carbons (Fsp3) is 1.00. The average molecular weight is 230 g/mol. The largest absolute Gasteiger partial charge is 0.379 e. The van der Waals surface area contributed by atoms with Gasteiger partial charge in [0.2, 0.25) is 0 Å². The molecule has 0 aromatic carbocycles. The first-order valence-electron chi connectivity index (χ1n) is 5.98. The van der Waals surface area contributed by atoms with E-state index in [1.54, 1.807) is 14.2 Å². The van der Waals surface area contributed by atoms with E-state index in [9.17, 15) is 0 Å². The SMILES string of the molecule is COC1CCN(N2CCOCC2)CC1OC. The van der Waals surface area contributed by atoms with Gasteiger partial charge in [0.25, 0.3) is 0 Å². The number of morpholine rings is 1. The molecule has 0 aliphatic carbocycles. The minimum Gasteiger partial charge on any atom is -0.379 e. The topological polar surface area (TPSA) is 34.2 Å². The van der Waals surface area contributed by atoms with Crippen LogP contribution in [0.4, 0.5) is 0 Å². The molecule has 0 saturated carbocycles. The molecule has 5 heteroatoms. The fourth-order valence-electron chi connectivity index (χ4n) is 2.47. The number of hydrogen-bond donors (Lipinski definition) is 0. The van der Waals surface area contributed by atoms with E-state index >= 15 is 0 Å². The quantitative estimate of drug-likeness (QED) is 0.680. The minimum atomic E-state index is 0.182. The van der Waals surface area contributed by atoms with Gasteiger partial charge in [0, 0.05) is 40.4 Å². The van der Waals surface area contributed by atoms with Gasteiger partial charge in [-0.1, -0.05) is 0 Å². The van der Waals surface area contributed by atoms with Gasteiger partial charge >= 0.3 is 0 Å². The van der Waals surface area contributed by atoms with Crippen molar-refractivity contribution in [2.45, 2.75) is 18.6 Å². The highest BCUT2D eigenvalue weighted by Gasteiger charge is 2.32. The molecule has 0 N–H and O–H groups in total. The number of ether oxygens (including phenoxy) is 3. The molecule has 2 saturated heterocycles. The van der Waals surface area contributed by atoms with Gasteiger partial charge in [0.15, 0.2) is 0 Å². The summed E-state index contributed by atoms with van der Waals surface area (Å²) in [7, 11) is 3.53. The molecule has 2 rings (SSSR count). The monoisotopic (exact) mass is 230 g/mol. The second kappa shape index (κ2) is 5.93. The molecule has 0 radical (unpaired) electrons. The first kappa shape index (κ1) is 12.3. The summed E-state index contributed by atoms with van der Waals surface area (Å²) in [6.07, 6.45) is 1.45. The standard InChI is InChI=1S/C11H22N2O3/c1-14-10-3-4-13(9-11(10)15-2)12-5-7-16-8-6-12/h10-11H,3-9H2,1-2H3. The Hall–Kier alpha value is -0.200. The van der Waals surface area contributed by atoms with Crippen molar-refractivity contribution in [3.05, 3.63) is 0 Å². The number of piperidine rings is 1. The van der Waals surface area contributed by atoms with E-state index in [4.69, 9.17) is 14.2 Å². The molecule has 2 aliphatic rings. The lowest BCUT2D eigenvalue weighted by Crippen LogP contribution is -2.57. The van der Waals surface area contributed by atoms with Crippen molar-refractivity contribution in [1.82, 2.24) is 10.0 Å². The number of nitrogens with zero attached hydrogens (tertiary/aromatic N) is 2. The van der Waals surface area contributed by atoms with E-state index in [-0.39, 0.29) is 12.2 Å². The summed E-state index contributed by atoms with van der Waals surface area (Å²) in [5.74, 6) is 0. The number of hydrazine groups is 1. The van der Waals surface area contributed by atoms with Crippen LogP contribution in [0.3, 0.4) is 0 Å². The summed E-state index contributed by atoms with van der Waals surface area (Å²) in [4.78, 5) is 0. The normalized spacial score (nSPS) is 34.1. The van der Waals surface area contributed by atoms with Gasteiger partial charge in [0.1, 0.15) is 0 Å². The Labute approximate surface area is 97.2 Å². The second-order valence-corrected chi connectivity index (χ2v) is 4.32.